The maximum Gasteiger partial charge on any atom is 0.223 e. The number of halogens is 1. The zero-order valence-electron chi connectivity index (χ0n) is 9.13. The van der Waals surface area contributed by atoms with Gasteiger partial charge < -0.3 is 10.1 Å². The van der Waals surface area contributed by atoms with Crippen LogP contribution in [0.3, 0.4) is 0 Å². The van der Waals surface area contributed by atoms with Crippen LogP contribution in [0.15, 0.2) is 18.2 Å². The molecule has 4 heteroatoms. The molecule has 1 aromatic rings. The molecule has 1 aliphatic rings. The summed E-state index contributed by atoms with van der Waals surface area (Å²) in [6.45, 7) is 0.464. The van der Waals surface area contributed by atoms with Gasteiger partial charge in [-0.25, -0.2) is 0 Å². The smallest absolute Gasteiger partial charge is 0.223 e. The number of rotatable bonds is 4. The van der Waals surface area contributed by atoms with E-state index < -0.39 is 0 Å². The Hall–Kier alpha value is -1.22. The summed E-state index contributed by atoms with van der Waals surface area (Å²) in [4.78, 5) is 11.5. The number of methoxy groups -OCH3 is 1. The molecule has 0 bridgehead atoms. The molecule has 16 heavy (non-hydrogen) atoms. The first kappa shape index (κ1) is 11.3. The molecular formula is C12H14ClNO2. The van der Waals surface area contributed by atoms with Crippen molar-refractivity contribution in [1.82, 2.24) is 5.32 Å². The van der Waals surface area contributed by atoms with Crippen LogP contribution in [0.5, 0.6) is 5.75 Å². The normalized spacial score (nSPS) is 14.6. The Kier molecular flexibility index (Phi) is 3.34. The summed E-state index contributed by atoms with van der Waals surface area (Å²) in [7, 11) is 1.58. The van der Waals surface area contributed by atoms with Gasteiger partial charge in [0, 0.05) is 12.5 Å². The van der Waals surface area contributed by atoms with Crippen molar-refractivity contribution in [2.24, 2.45) is 5.92 Å². The summed E-state index contributed by atoms with van der Waals surface area (Å²) in [6, 6.07) is 5.55. The van der Waals surface area contributed by atoms with E-state index >= 15 is 0 Å². The van der Waals surface area contributed by atoms with E-state index in [0.29, 0.717) is 17.3 Å². The van der Waals surface area contributed by atoms with Gasteiger partial charge in [0.2, 0.25) is 5.91 Å². The maximum atomic E-state index is 11.5. The van der Waals surface area contributed by atoms with Crippen molar-refractivity contribution in [2.75, 3.05) is 7.11 Å². The van der Waals surface area contributed by atoms with Crippen molar-refractivity contribution in [2.45, 2.75) is 19.4 Å². The Labute approximate surface area is 99.7 Å². The van der Waals surface area contributed by atoms with Crippen molar-refractivity contribution >= 4 is 17.5 Å². The second-order valence-electron chi connectivity index (χ2n) is 3.93. The molecule has 0 radical (unpaired) electrons. The molecule has 86 valence electrons. The van der Waals surface area contributed by atoms with E-state index in [1.807, 2.05) is 12.1 Å². The Balaban J connectivity index is 2.00. The van der Waals surface area contributed by atoms with Crippen molar-refractivity contribution in [3.05, 3.63) is 28.8 Å². The minimum Gasteiger partial charge on any atom is -0.495 e. The van der Waals surface area contributed by atoms with Gasteiger partial charge in [0.1, 0.15) is 5.75 Å². The number of carbonyl (C=O) groups is 1. The van der Waals surface area contributed by atoms with E-state index in [9.17, 15) is 4.79 Å². The zero-order chi connectivity index (χ0) is 11.5. The first-order valence-electron chi connectivity index (χ1n) is 5.31. The van der Waals surface area contributed by atoms with Gasteiger partial charge in [-0.3, -0.25) is 4.79 Å². The number of benzene rings is 1. The second-order valence-corrected chi connectivity index (χ2v) is 4.30. The predicted octanol–water partition coefficient (Wildman–Crippen LogP) is 2.37. The molecule has 1 aromatic carbocycles. The van der Waals surface area contributed by atoms with Gasteiger partial charge in [0.15, 0.2) is 0 Å². The molecule has 0 spiro atoms. The first-order chi connectivity index (χ1) is 7.72. The quantitative estimate of drug-likeness (QED) is 0.876. The van der Waals surface area contributed by atoms with Crippen molar-refractivity contribution < 1.29 is 9.53 Å². The number of hydrogen-bond acceptors (Lipinski definition) is 2. The van der Waals surface area contributed by atoms with Crippen LogP contribution >= 0.6 is 11.6 Å². The van der Waals surface area contributed by atoms with Crippen LogP contribution in [-0.4, -0.2) is 13.0 Å². The number of nitrogens with one attached hydrogen (secondary N) is 1. The predicted molar refractivity (Wildman–Crippen MR) is 62.6 cm³/mol. The lowest BCUT2D eigenvalue weighted by molar-refractivity contribution is -0.122. The molecule has 1 saturated carbocycles. The number of ether oxygens (including phenoxy) is 1. The van der Waals surface area contributed by atoms with Gasteiger partial charge in [-0.2, -0.15) is 0 Å². The standard InChI is InChI=1S/C12H14ClNO2/c1-16-10-4-2-3-9(11(10)13)7-14-12(15)8-5-6-8/h2-4,8H,5-7H2,1H3,(H,14,15). The molecule has 3 nitrogen and oxygen atoms in total. The minimum absolute atomic E-state index is 0.124. The fourth-order valence-corrected chi connectivity index (χ4v) is 1.79. The highest BCUT2D eigenvalue weighted by molar-refractivity contribution is 6.32. The highest BCUT2D eigenvalue weighted by Gasteiger charge is 2.29. The summed E-state index contributed by atoms with van der Waals surface area (Å²) in [6.07, 6.45) is 2.02. The molecular weight excluding hydrogens is 226 g/mol. The molecule has 1 fully saturated rings. The molecule has 0 heterocycles. The maximum absolute atomic E-state index is 11.5. The summed E-state index contributed by atoms with van der Waals surface area (Å²) < 4.78 is 5.11. The number of amides is 1. The van der Waals surface area contributed by atoms with Gasteiger partial charge in [-0.15, -0.1) is 0 Å². The topological polar surface area (TPSA) is 38.3 Å². The Morgan fingerprint density at radius 2 is 2.31 bits per heavy atom. The summed E-state index contributed by atoms with van der Waals surface area (Å²) in [5.41, 5.74) is 0.884. The Morgan fingerprint density at radius 1 is 1.56 bits per heavy atom. The Morgan fingerprint density at radius 3 is 2.94 bits per heavy atom. The fraction of sp³-hybridized carbons (Fsp3) is 0.417. The molecule has 1 N–H and O–H groups in total. The third kappa shape index (κ3) is 2.47. The highest BCUT2D eigenvalue weighted by Crippen LogP contribution is 2.30. The van der Waals surface area contributed by atoms with Crippen molar-refractivity contribution in [1.29, 1.82) is 0 Å². The van der Waals surface area contributed by atoms with Crippen LogP contribution in [0, 0.1) is 5.92 Å². The van der Waals surface area contributed by atoms with Crippen LogP contribution in [0.4, 0.5) is 0 Å². The highest BCUT2D eigenvalue weighted by atomic mass is 35.5. The lowest BCUT2D eigenvalue weighted by Crippen LogP contribution is -2.24. The third-order valence-corrected chi connectivity index (χ3v) is 3.09. The van der Waals surface area contributed by atoms with Gasteiger partial charge in [-0.05, 0) is 24.5 Å². The average Bonchev–Trinajstić information content (AvgIpc) is 3.11. The second kappa shape index (κ2) is 4.74. The van der Waals surface area contributed by atoms with Gasteiger partial charge in [-0.1, -0.05) is 23.7 Å². The van der Waals surface area contributed by atoms with Crippen LogP contribution in [-0.2, 0) is 11.3 Å². The molecule has 0 aliphatic heterocycles. The molecule has 0 atom stereocenters. The number of hydrogen-bond donors (Lipinski definition) is 1. The SMILES string of the molecule is COc1cccc(CNC(=O)C2CC2)c1Cl. The first-order valence-corrected chi connectivity index (χ1v) is 5.69. The monoisotopic (exact) mass is 239 g/mol. The molecule has 2 rings (SSSR count). The van der Waals surface area contributed by atoms with Crippen molar-refractivity contribution in [3.8, 4) is 5.75 Å². The van der Waals surface area contributed by atoms with Crippen LogP contribution in [0.1, 0.15) is 18.4 Å². The average molecular weight is 240 g/mol. The van der Waals surface area contributed by atoms with E-state index in [1.54, 1.807) is 13.2 Å². The number of carbonyl (C=O) groups excluding carboxylic acids is 1. The lowest BCUT2D eigenvalue weighted by atomic mass is 10.2. The molecule has 0 unspecified atom stereocenters. The summed E-state index contributed by atoms with van der Waals surface area (Å²) >= 11 is 6.11. The summed E-state index contributed by atoms with van der Waals surface area (Å²) in [5, 5.41) is 3.44. The van der Waals surface area contributed by atoms with Gasteiger partial charge in [0.05, 0.1) is 12.1 Å². The molecule has 0 saturated heterocycles. The summed E-state index contributed by atoms with van der Waals surface area (Å²) in [5.74, 6) is 0.989. The van der Waals surface area contributed by atoms with Crippen LogP contribution in [0.25, 0.3) is 0 Å². The van der Waals surface area contributed by atoms with E-state index in [-0.39, 0.29) is 11.8 Å². The lowest BCUT2D eigenvalue weighted by Gasteiger charge is -2.09. The van der Waals surface area contributed by atoms with Crippen molar-refractivity contribution in [3.63, 3.8) is 0 Å². The minimum atomic E-state index is 0.124. The van der Waals surface area contributed by atoms with E-state index in [0.717, 1.165) is 18.4 Å². The zero-order valence-corrected chi connectivity index (χ0v) is 9.88. The molecule has 0 aromatic heterocycles. The van der Waals surface area contributed by atoms with Gasteiger partial charge in [0.25, 0.3) is 0 Å². The van der Waals surface area contributed by atoms with Crippen LogP contribution in [0.2, 0.25) is 5.02 Å². The van der Waals surface area contributed by atoms with Crippen LogP contribution < -0.4 is 10.1 Å². The third-order valence-electron chi connectivity index (χ3n) is 2.66. The largest absolute Gasteiger partial charge is 0.495 e. The molecule has 1 amide bonds. The van der Waals surface area contributed by atoms with Gasteiger partial charge >= 0.3 is 0 Å². The Bertz CT molecular complexity index is 402. The van der Waals surface area contributed by atoms with E-state index in [2.05, 4.69) is 5.32 Å². The van der Waals surface area contributed by atoms with E-state index in [1.165, 1.54) is 0 Å². The van der Waals surface area contributed by atoms with E-state index in [4.69, 9.17) is 16.3 Å². The fourth-order valence-electron chi connectivity index (χ4n) is 1.52. The molecule has 1 aliphatic carbocycles.